The van der Waals surface area contributed by atoms with Gasteiger partial charge in [-0.2, -0.15) is 0 Å². The van der Waals surface area contributed by atoms with Crippen molar-refractivity contribution in [2.75, 3.05) is 6.61 Å². The molecule has 1 amide bonds. The minimum Gasteiger partial charge on any atom is -0.461 e. The molecule has 0 aliphatic heterocycles. The quantitative estimate of drug-likeness (QED) is 0.700. The Morgan fingerprint density at radius 1 is 1.21 bits per heavy atom. The fraction of sp³-hybridized carbons (Fsp3) is 0.222. The van der Waals surface area contributed by atoms with Gasteiger partial charge in [0.2, 0.25) is 5.91 Å². The van der Waals surface area contributed by atoms with Crippen LogP contribution in [-0.2, 0) is 22.6 Å². The largest absolute Gasteiger partial charge is 0.461 e. The molecule has 1 aromatic carbocycles. The summed E-state index contributed by atoms with van der Waals surface area (Å²) in [5.41, 5.74) is 1.44. The molecule has 0 aliphatic carbocycles. The van der Waals surface area contributed by atoms with Crippen LogP contribution in [0.5, 0.6) is 0 Å². The standard InChI is InChI=1S/C18H18N2O3S/c1-2-23-18(22)15-10-14-8-9-24-17(14)20(15)12-16(21)19-11-13-6-4-3-5-7-13/h3-10H,2,11-12H2,1H3,(H,19,21). The lowest BCUT2D eigenvalue weighted by Crippen LogP contribution is -2.28. The second-order valence-electron chi connectivity index (χ2n) is 5.28. The van der Waals surface area contributed by atoms with E-state index < -0.39 is 5.97 Å². The van der Waals surface area contributed by atoms with Gasteiger partial charge < -0.3 is 14.6 Å². The van der Waals surface area contributed by atoms with Gasteiger partial charge in [-0.1, -0.05) is 30.3 Å². The van der Waals surface area contributed by atoms with Gasteiger partial charge in [-0.05, 0) is 30.0 Å². The van der Waals surface area contributed by atoms with Gasteiger partial charge in [0.25, 0.3) is 0 Å². The van der Waals surface area contributed by atoms with Crippen molar-refractivity contribution in [3.05, 3.63) is 59.1 Å². The number of esters is 1. The summed E-state index contributed by atoms with van der Waals surface area (Å²) < 4.78 is 6.81. The van der Waals surface area contributed by atoms with Crippen molar-refractivity contribution in [3.8, 4) is 0 Å². The van der Waals surface area contributed by atoms with Crippen LogP contribution in [0.2, 0.25) is 0 Å². The number of hydrogen-bond donors (Lipinski definition) is 1. The van der Waals surface area contributed by atoms with Crippen molar-refractivity contribution >= 4 is 33.4 Å². The van der Waals surface area contributed by atoms with Crippen LogP contribution >= 0.6 is 11.3 Å². The van der Waals surface area contributed by atoms with Crippen LogP contribution in [0, 0.1) is 0 Å². The summed E-state index contributed by atoms with van der Waals surface area (Å²) in [6, 6.07) is 13.4. The highest BCUT2D eigenvalue weighted by Gasteiger charge is 2.19. The number of fused-ring (bicyclic) bond motifs is 1. The van der Waals surface area contributed by atoms with E-state index >= 15 is 0 Å². The molecule has 0 fully saturated rings. The molecule has 3 rings (SSSR count). The molecule has 6 heteroatoms. The molecule has 5 nitrogen and oxygen atoms in total. The highest BCUT2D eigenvalue weighted by molar-refractivity contribution is 7.16. The van der Waals surface area contributed by atoms with E-state index in [4.69, 9.17) is 4.74 Å². The van der Waals surface area contributed by atoms with E-state index in [-0.39, 0.29) is 12.5 Å². The zero-order chi connectivity index (χ0) is 16.9. The summed E-state index contributed by atoms with van der Waals surface area (Å²) in [5, 5.41) is 5.77. The molecule has 0 atom stereocenters. The second-order valence-corrected chi connectivity index (χ2v) is 6.17. The molecule has 2 heterocycles. The SMILES string of the molecule is CCOC(=O)c1cc2ccsc2n1CC(=O)NCc1ccccc1. The number of carbonyl (C=O) groups excluding carboxylic acids is 2. The van der Waals surface area contributed by atoms with E-state index in [9.17, 15) is 9.59 Å². The smallest absolute Gasteiger partial charge is 0.355 e. The first-order chi connectivity index (χ1) is 11.7. The van der Waals surface area contributed by atoms with Gasteiger partial charge in [0.1, 0.15) is 17.1 Å². The topological polar surface area (TPSA) is 60.3 Å². The van der Waals surface area contributed by atoms with Gasteiger partial charge in [-0.3, -0.25) is 4.79 Å². The van der Waals surface area contributed by atoms with Crippen LogP contribution in [0.1, 0.15) is 23.0 Å². The minimum absolute atomic E-state index is 0.0883. The summed E-state index contributed by atoms with van der Waals surface area (Å²) in [4.78, 5) is 25.3. The molecule has 0 bridgehead atoms. The second kappa shape index (κ2) is 7.31. The van der Waals surface area contributed by atoms with E-state index in [0.29, 0.717) is 18.8 Å². The molecule has 0 saturated carbocycles. The van der Waals surface area contributed by atoms with E-state index in [0.717, 1.165) is 15.8 Å². The first kappa shape index (κ1) is 16.3. The van der Waals surface area contributed by atoms with Crippen molar-refractivity contribution in [1.82, 2.24) is 9.88 Å². The Hall–Kier alpha value is -2.60. The van der Waals surface area contributed by atoms with E-state index in [1.165, 1.54) is 11.3 Å². The van der Waals surface area contributed by atoms with Crippen molar-refractivity contribution in [1.29, 1.82) is 0 Å². The molecule has 0 saturated heterocycles. The molecule has 0 radical (unpaired) electrons. The lowest BCUT2D eigenvalue weighted by atomic mass is 10.2. The third kappa shape index (κ3) is 3.49. The summed E-state index contributed by atoms with van der Waals surface area (Å²) in [6.07, 6.45) is 0. The Morgan fingerprint density at radius 3 is 2.75 bits per heavy atom. The molecule has 2 aromatic heterocycles. The first-order valence-electron chi connectivity index (χ1n) is 7.73. The van der Waals surface area contributed by atoms with Crippen molar-refractivity contribution in [3.63, 3.8) is 0 Å². The van der Waals surface area contributed by atoms with Crippen LogP contribution in [0.4, 0.5) is 0 Å². The van der Waals surface area contributed by atoms with Gasteiger partial charge >= 0.3 is 5.97 Å². The molecular weight excluding hydrogens is 324 g/mol. The number of benzene rings is 1. The van der Waals surface area contributed by atoms with Crippen molar-refractivity contribution in [2.24, 2.45) is 0 Å². The number of carbonyl (C=O) groups is 2. The van der Waals surface area contributed by atoms with Gasteiger partial charge in [0.05, 0.1) is 6.61 Å². The maximum Gasteiger partial charge on any atom is 0.355 e. The summed E-state index contributed by atoms with van der Waals surface area (Å²) in [7, 11) is 0. The first-order valence-corrected chi connectivity index (χ1v) is 8.61. The van der Waals surface area contributed by atoms with E-state index in [1.54, 1.807) is 17.6 Å². The zero-order valence-corrected chi connectivity index (χ0v) is 14.1. The number of ether oxygens (including phenoxy) is 1. The average Bonchev–Trinajstić information content (AvgIpc) is 3.17. The Kier molecular flexibility index (Phi) is 4.96. The van der Waals surface area contributed by atoms with Gasteiger partial charge in [0, 0.05) is 11.9 Å². The highest BCUT2D eigenvalue weighted by atomic mass is 32.1. The predicted octanol–water partition coefficient (Wildman–Crippen LogP) is 3.20. The monoisotopic (exact) mass is 342 g/mol. The van der Waals surface area contributed by atoms with Crippen LogP contribution in [-0.4, -0.2) is 23.1 Å². The Labute approximate surface area is 143 Å². The molecule has 0 spiro atoms. The summed E-state index contributed by atoms with van der Waals surface area (Å²) >= 11 is 1.50. The molecular formula is C18H18N2O3S. The zero-order valence-electron chi connectivity index (χ0n) is 13.3. The molecule has 124 valence electrons. The number of rotatable bonds is 6. The molecule has 1 N–H and O–H groups in total. The highest BCUT2D eigenvalue weighted by Crippen LogP contribution is 2.25. The molecule has 0 aliphatic rings. The Balaban J connectivity index is 1.75. The van der Waals surface area contributed by atoms with Gasteiger partial charge in [0.15, 0.2) is 0 Å². The van der Waals surface area contributed by atoms with Crippen LogP contribution in [0.15, 0.2) is 47.8 Å². The summed E-state index contributed by atoms with van der Waals surface area (Å²) in [6.45, 7) is 2.62. The van der Waals surface area contributed by atoms with Crippen LogP contribution < -0.4 is 5.32 Å². The fourth-order valence-corrected chi connectivity index (χ4v) is 3.40. The lowest BCUT2D eigenvalue weighted by Gasteiger charge is -2.10. The maximum atomic E-state index is 12.3. The van der Waals surface area contributed by atoms with Crippen LogP contribution in [0.3, 0.4) is 0 Å². The number of nitrogens with zero attached hydrogens (tertiary/aromatic N) is 1. The minimum atomic E-state index is -0.406. The molecule has 0 unspecified atom stereocenters. The number of thiophene rings is 1. The van der Waals surface area contributed by atoms with Crippen molar-refractivity contribution in [2.45, 2.75) is 20.0 Å². The average molecular weight is 342 g/mol. The Morgan fingerprint density at radius 2 is 2.00 bits per heavy atom. The van der Waals surface area contributed by atoms with Gasteiger partial charge in [-0.15, -0.1) is 11.3 Å². The van der Waals surface area contributed by atoms with Crippen molar-refractivity contribution < 1.29 is 14.3 Å². The third-order valence-corrected chi connectivity index (χ3v) is 4.57. The number of aromatic nitrogens is 1. The van der Waals surface area contributed by atoms with Crippen LogP contribution in [0.25, 0.3) is 10.2 Å². The normalized spacial score (nSPS) is 10.7. The number of nitrogens with one attached hydrogen (secondary N) is 1. The van der Waals surface area contributed by atoms with Gasteiger partial charge in [-0.25, -0.2) is 4.79 Å². The van der Waals surface area contributed by atoms with E-state index in [2.05, 4.69) is 5.32 Å². The predicted molar refractivity (Wildman–Crippen MR) is 94.1 cm³/mol. The molecule has 3 aromatic rings. The lowest BCUT2D eigenvalue weighted by molar-refractivity contribution is -0.121. The number of amides is 1. The third-order valence-electron chi connectivity index (χ3n) is 3.62. The molecule has 24 heavy (non-hydrogen) atoms. The Bertz CT molecular complexity index is 852. The fourth-order valence-electron chi connectivity index (χ4n) is 2.50. The maximum absolute atomic E-state index is 12.3. The number of hydrogen-bond acceptors (Lipinski definition) is 4. The summed E-state index contributed by atoms with van der Waals surface area (Å²) in [5.74, 6) is -0.549. The van der Waals surface area contributed by atoms with E-state index in [1.807, 2.05) is 41.8 Å².